The molecule has 0 N–H and O–H groups in total. The molecule has 4 heteroatoms. The van der Waals surface area contributed by atoms with Crippen LogP contribution >= 0.6 is 11.3 Å². The average molecular weight is 671 g/mol. The van der Waals surface area contributed by atoms with Gasteiger partial charge in [-0.3, -0.25) is 0 Å². The molecule has 0 saturated carbocycles. The first-order valence-electron chi connectivity index (χ1n) is 17.1. The van der Waals surface area contributed by atoms with Crippen molar-refractivity contribution in [2.24, 2.45) is 0 Å². The molecular weight excluding hydrogens is 641 g/mol. The monoisotopic (exact) mass is 670 g/mol. The van der Waals surface area contributed by atoms with Gasteiger partial charge in [0.25, 0.3) is 0 Å². The number of thiazole rings is 1. The minimum atomic E-state index is 0.883. The van der Waals surface area contributed by atoms with Crippen molar-refractivity contribution in [3.8, 4) is 32.8 Å². The van der Waals surface area contributed by atoms with Crippen LogP contribution in [0, 0.1) is 0 Å². The van der Waals surface area contributed by atoms with Crippen LogP contribution in [0.15, 0.2) is 186 Å². The van der Waals surface area contributed by atoms with E-state index in [1.807, 2.05) is 6.07 Å². The predicted octanol–water partition coefficient (Wildman–Crippen LogP) is 13.8. The van der Waals surface area contributed by atoms with Gasteiger partial charge >= 0.3 is 0 Å². The van der Waals surface area contributed by atoms with E-state index in [-0.39, 0.29) is 0 Å². The zero-order chi connectivity index (χ0) is 33.7. The van der Waals surface area contributed by atoms with Crippen molar-refractivity contribution in [2.45, 2.75) is 0 Å². The van der Waals surface area contributed by atoms with Crippen LogP contribution in [-0.2, 0) is 0 Å². The number of benzene rings is 8. The molecule has 0 spiro atoms. The fourth-order valence-electron chi connectivity index (χ4n) is 7.15. The lowest BCUT2D eigenvalue weighted by molar-refractivity contribution is 0.669. The molecule has 2 heterocycles. The van der Waals surface area contributed by atoms with Gasteiger partial charge in [-0.1, -0.05) is 121 Å². The van der Waals surface area contributed by atoms with Gasteiger partial charge in [0.2, 0.25) is 0 Å². The Labute approximate surface area is 299 Å². The highest BCUT2D eigenvalue weighted by molar-refractivity contribution is 7.22. The van der Waals surface area contributed by atoms with Gasteiger partial charge in [-0.2, -0.15) is 0 Å². The van der Waals surface area contributed by atoms with Crippen LogP contribution in [0.5, 0.6) is 0 Å². The molecule has 2 aromatic heterocycles. The molecule has 0 aliphatic carbocycles. The molecule has 0 bridgehead atoms. The van der Waals surface area contributed by atoms with Gasteiger partial charge in [-0.05, 0) is 93.7 Å². The molecule has 0 saturated heterocycles. The second-order valence-corrected chi connectivity index (χ2v) is 13.8. The van der Waals surface area contributed by atoms with Crippen LogP contribution in [0.4, 0.5) is 17.1 Å². The Morgan fingerprint density at radius 1 is 0.431 bits per heavy atom. The van der Waals surface area contributed by atoms with E-state index in [0.717, 1.165) is 70.9 Å². The highest BCUT2D eigenvalue weighted by atomic mass is 32.1. The highest BCUT2D eigenvalue weighted by Gasteiger charge is 2.17. The normalized spacial score (nSPS) is 11.5. The van der Waals surface area contributed by atoms with E-state index in [9.17, 15) is 0 Å². The first-order chi connectivity index (χ1) is 25.2. The molecular formula is C47H30N2OS. The van der Waals surface area contributed by atoms with Crippen LogP contribution < -0.4 is 4.90 Å². The van der Waals surface area contributed by atoms with Crippen molar-refractivity contribution in [1.82, 2.24) is 4.98 Å². The number of hydrogen-bond donors (Lipinski definition) is 0. The maximum absolute atomic E-state index is 6.36. The molecule has 0 atom stereocenters. The molecule has 0 aliphatic heterocycles. The van der Waals surface area contributed by atoms with Gasteiger partial charge in [0.1, 0.15) is 16.2 Å². The maximum Gasteiger partial charge on any atom is 0.137 e. The number of nitrogens with zero attached hydrogens (tertiary/aromatic N) is 2. The SMILES string of the molecule is c1ccc(-c2cccc(N(c3ccc(-c4ccc5oc6ccc7nc(-c8ccccc8)sc7c6c5c4)cc3)c3ccc4ccccc4c3)c2)cc1. The molecule has 8 aromatic carbocycles. The van der Waals surface area contributed by atoms with Crippen LogP contribution in [0.2, 0.25) is 0 Å². The van der Waals surface area contributed by atoms with Crippen molar-refractivity contribution in [1.29, 1.82) is 0 Å². The lowest BCUT2D eigenvalue weighted by Gasteiger charge is -2.26. The summed E-state index contributed by atoms with van der Waals surface area (Å²) in [6.45, 7) is 0. The highest BCUT2D eigenvalue weighted by Crippen LogP contribution is 2.42. The van der Waals surface area contributed by atoms with Crippen LogP contribution in [-0.4, -0.2) is 4.98 Å². The first kappa shape index (κ1) is 29.4. The lowest BCUT2D eigenvalue weighted by Crippen LogP contribution is -2.10. The average Bonchev–Trinajstić information content (AvgIpc) is 3.81. The molecule has 10 aromatic rings. The van der Waals surface area contributed by atoms with Crippen molar-refractivity contribution in [2.75, 3.05) is 4.90 Å². The summed E-state index contributed by atoms with van der Waals surface area (Å²) < 4.78 is 7.51. The van der Waals surface area contributed by atoms with E-state index in [2.05, 4.69) is 181 Å². The molecule has 0 fully saturated rings. The number of fused-ring (bicyclic) bond motifs is 6. The molecule has 10 rings (SSSR count). The van der Waals surface area contributed by atoms with Crippen LogP contribution in [0.3, 0.4) is 0 Å². The quantitative estimate of drug-likeness (QED) is 0.176. The topological polar surface area (TPSA) is 29.3 Å². The fraction of sp³-hybridized carbons (Fsp3) is 0. The minimum absolute atomic E-state index is 0.883. The Kier molecular flexibility index (Phi) is 7.00. The number of hydrogen-bond acceptors (Lipinski definition) is 4. The summed E-state index contributed by atoms with van der Waals surface area (Å²) in [5.41, 5.74) is 11.9. The summed E-state index contributed by atoms with van der Waals surface area (Å²) in [4.78, 5) is 7.34. The Balaban J connectivity index is 1.07. The predicted molar refractivity (Wildman–Crippen MR) is 215 cm³/mol. The fourth-order valence-corrected chi connectivity index (χ4v) is 8.27. The Hall–Kier alpha value is -6.49. The Morgan fingerprint density at radius 3 is 1.88 bits per heavy atom. The molecule has 3 nitrogen and oxygen atoms in total. The number of anilines is 3. The number of furan rings is 1. The number of rotatable bonds is 6. The Morgan fingerprint density at radius 2 is 1.06 bits per heavy atom. The third-order valence-corrected chi connectivity index (χ3v) is 10.8. The smallest absolute Gasteiger partial charge is 0.137 e. The van der Waals surface area contributed by atoms with E-state index in [0.29, 0.717) is 0 Å². The summed E-state index contributed by atoms with van der Waals surface area (Å²) in [7, 11) is 0. The van der Waals surface area contributed by atoms with Gasteiger partial charge < -0.3 is 9.32 Å². The van der Waals surface area contributed by atoms with Gasteiger partial charge in [0.15, 0.2) is 0 Å². The van der Waals surface area contributed by atoms with Crippen molar-refractivity contribution >= 4 is 71.3 Å². The Bertz CT molecular complexity index is 2850. The molecule has 0 aliphatic rings. The summed E-state index contributed by atoms with van der Waals surface area (Å²) in [6, 6.07) is 64.5. The first-order valence-corrected chi connectivity index (χ1v) is 17.9. The van der Waals surface area contributed by atoms with E-state index >= 15 is 0 Å². The van der Waals surface area contributed by atoms with Crippen LogP contribution in [0.1, 0.15) is 0 Å². The van der Waals surface area contributed by atoms with Crippen molar-refractivity contribution in [3.63, 3.8) is 0 Å². The second kappa shape index (κ2) is 12.1. The van der Waals surface area contributed by atoms with Gasteiger partial charge in [0, 0.05) is 33.4 Å². The standard InChI is InChI=1S/C47H30N2OS/c1-3-10-31(11-4-1)36-16-9-17-39(28-36)49(40-24-20-32-12-7-8-15-35(32)29-40)38-22-18-33(19-23-38)37-21-26-43-41(30-37)45-44(50-43)27-25-42-46(45)51-47(48-42)34-13-5-2-6-14-34/h1-30H. The molecule has 51 heavy (non-hydrogen) atoms. The van der Waals surface area contributed by atoms with Gasteiger partial charge in [0.05, 0.1) is 10.2 Å². The van der Waals surface area contributed by atoms with E-state index in [1.165, 1.54) is 21.9 Å². The summed E-state index contributed by atoms with van der Waals surface area (Å²) in [6.07, 6.45) is 0. The molecule has 0 radical (unpaired) electrons. The zero-order valence-corrected chi connectivity index (χ0v) is 28.3. The van der Waals surface area contributed by atoms with Crippen LogP contribution in [0.25, 0.3) is 75.8 Å². The lowest BCUT2D eigenvalue weighted by atomic mass is 10.0. The largest absolute Gasteiger partial charge is 0.456 e. The van der Waals surface area contributed by atoms with E-state index in [4.69, 9.17) is 9.40 Å². The van der Waals surface area contributed by atoms with Gasteiger partial charge in [-0.25, -0.2) is 4.98 Å². The third-order valence-electron chi connectivity index (χ3n) is 9.67. The summed E-state index contributed by atoms with van der Waals surface area (Å²) >= 11 is 1.73. The minimum Gasteiger partial charge on any atom is -0.456 e. The molecule has 240 valence electrons. The summed E-state index contributed by atoms with van der Waals surface area (Å²) in [5.74, 6) is 0. The second-order valence-electron chi connectivity index (χ2n) is 12.8. The third kappa shape index (κ3) is 5.25. The van der Waals surface area contributed by atoms with Crippen molar-refractivity contribution in [3.05, 3.63) is 182 Å². The zero-order valence-electron chi connectivity index (χ0n) is 27.5. The van der Waals surface area contributed by atoms with Gasteiger partial charge in [-0.15, -0.1) is 11.3 Å². The van der Waals surface area contributed by atoms with E-state index < -0.39 is 0 Å². The van der Waals surface area contributed by atoms with Crippen molar-refractivity contribution < 1.29 is 4.42 Å². The molecule has 0 amide bonds. The summed E-state index contributed by atoms with van der Waals surface area (Å²) in [5, 5.41) is 5.69. The maximum atomic E-state index is 6.36. The van der Waals surface area contributed by atoms with E-state index in [1.54, 1.807) is 11.3 Å². The number of aromatic nitrogens is 1. The molecule has 0 unspecified atom stereocenters.